The smallest absolute Gasteiger partial charge is 0 e. The molecule has 0 heterocycles. The zero-order chi connectivity index (χ0) is 2.00. The molecule has 0 N–H and O–H groups in total. The van der Waals surface area contributed by atoms with Crippen LogP contribution in [0.2, 0.25) is 0 Å². The van der Waals surface area contributed by atoms with Gasteiger partial charge in [-0.15, -0.1) is 12.4 Å². The average molecular weight is 215 g/mol. The number of hydrogen-bond acceptors (Lipinski definition) is 1. The van der Waals surface area contributed by atoms with Gasteiger partial charge >= 0.3 is 19.8 Å². The summed E-state index contributed by atoms with van der Waals surface area (Å²) in [4.78, 5) is 0. The van der Waals surface area contributed by atoms with Crippen molar-refractivity contribution in [3.63, 3.8) is 0 Å². The molecule has 0 fully saturated rings. The van der Waals surface area contributed by atoms with E-state index in [1.165, 1.54) is 0 Å². The third-order valence-corrected chi connectivity index (χ3v) is 0. The van der Waals surface area contributed by atoms with Gasteiger partial charge in [-0.05, 0) is 0 Å². The molecule has 0 saturated carbocycles. The maximum absolute atomic E-state index is 8.00. The Morgan fingerprint density at radius 2 is 1.25 bits per heavy atom. The van der Waals surface area contributed by atoms with Crippen LogP contribution in [0, 0.1) is 0 Å². The standard InChI is InChI=1S/ClH.Fe.O.Pd/h1H;;;. The number of hydrogen-bond donors (Lipinski definition) is 0. The maximum atomic E-state index is 8.00. The SMILES string of the molecule is Cl.[O]=[Fe].[Pd]. The van der Waals surface area contributed by atoms with Crippen molar-refractivity contribution in [1.29, 1.82) is 0 Å². The van der Waals surface area contributed by atoms with Crippen molar-refractivity contribution < 1.29 is 40.2 Å². The van der Waals surface area contributed by atoms with Gasteiger partial charge in [-0.3, -0.25) is 0 Å². The topological polar surface area (TPSA) is 17.1 Å². The molecule has 4 heavy (non-hydrogen) atoms. The Kier molecular flexibility index (Phi) is 132. The van der Waals surface area contributed by atoms with E-state index in [1.54, 1.807) is 0 Å². The Labute approximate surface area is 52.6 Å². The average Bonchev–Trinajstić information content (AvgIpc) is 1.00. The molecule has 0 radical (unpaired) electrons. The normalized spacial score (nSPS) is 1.25. The molecule has 1 nitrogen and oxygen atoms in total. The van der Waals surface area contributed by atoms with Gasteiger partial charge in [-0.2, -0.15) is 0 Å². The first-order valence-electron chi connectivity index (χ1n) is 0.144. The quantitative estimate of drug-likeness (QED) is 0.530. The molecule has 0 unspecified atom stereocenters. The first kappa shape index (κ1) is 18.6. The van der Waals surface area contributed by atoms with Crippen LogP contribution < -0.4 is 0 Å². The summed E-state index contributed by atoms with van der Waals surface area (Å²) in [6.07, 6.45) is 0. The van der Waals surface area contributed by atoms with E-state index < -0.39 is 0 Å². The van der Waals surface area contributed by atoms with Crippen LogP contribution in [-0.2, 0) is 40.2 Å². The maximum Gasteiger partial charge on any atom is 0 e. The summed E-state index contributed by atoms with van der Waals surface area (Å²) in [5.41, 5.74) is 0. The van der Waals surface area contributed by atoms with Gasteiger partial charge in [-0.1, -0.05) is 0 Å². The minimum absolute atomic E-state index is 0. The van der Waals surface area contributed by atoms with Gasteiger partial charge in [0.05, 0.1) is 0 Å². The van der Waals surface area contributed by atoms with Crippen LogP contribution in [0.4, 0.5) is 0 Å². The van der Waals surface area contributed by atoms with E-state index in [0.717, 1.165) is 0 Å². The third-order valence-electron chi connectivity index (χ3n) is 0. The molecule has 0 aliphatic carbocycles. The van der Waals surface area contributed by atoms with Crippen molar-refractivity contribution in [2.24, 2.45) is 0 Å². The summed E-state index contributed by atoms with van der Waals surface area (Å²) in [6, 6.07) is 0. The zero-order valence-electron chi connectivity index (χ0n) is 1.49. The van der Waals surface area contributed by atoms with E-state index in [-0.39, 0.29) is 32.8 Å². The summed E-state index contributed by atoms with van der Waals surface area (Å²) in [5, 5.41) is 0. The van der Waals surface area contributed by atoms with Crippen LogP contribution in [0.3, 0.4) is 0 Å². The van der Waals surface area contributed by atoms with Gasteiger partial charge in [0.25, 0.3) is 0 Å². The second-order valence-corrected chi connectivity index (χ2v) is 0. The number of rotatable bonds is 0. The predicted molar refractivity (Wildman–Crippen MR) is 7.93 cm³/mol. The van der Waals surface area contributed by atoms with Crippen LogP contribution in [0.25, 0.3) is 0 Å². The van der Waals surface area contributed by atoms with Gasteiger partial charge in [0.15, 0.2) is 0 Å². The van der Waals surface area contributed by atoms with Crippen molar-refractivity contribution in [2.75, 3.05) is 0 Å². The second-order valence-electron chi connectivity index (χ2n) is 0. The summed E-state index contributed by atoms with van der Waals surface area (Å²) in [6.45, 7) is 0. The monoisotopic (exact) mass is 214 g/mol. The molecule has 0 amide bonds. The summed E-state index contributed by atoms with van der Waals surface area (Å²) in [7, 11) is 0. The van der Waals surface area contributed by atoms with Crippen LogP contribution >= 0.6 is 12.4 Å². The van der Waals surface area contributed by atoms with Crippen LogP contribution in [-0.4, -0.2) is 0 Å². The minimum Gasteiger partial charge on any atom is 0 e. The molecular formula is HClFeOPd. The summed E-state index contributed by atoms with van der Waals surface area (Å²) < 4.78 is 8.00. The van der Waals surface area contributed by atoms with E-state index in [1.807, 2.05) is 15.9 Å². The largest absolute Gasteiger partial charge is 0 e. The van der Waals surface area contributed by atoms with Crippen molar-refractivity contribution in [3.8, 4) is 0 Å². The predicted octanol–water partition coefficient (Wildman–Crippen LogP) is 0.298. The summed E-state index contributed by atoms with van der Waals surface area (Å²) in [5.74, 6) is 0. The fourth-order valence-electron chi connectivity index (χ4n) is 0. The molecule has 0 aliphatic rings. The number of halogens is 1. The fourth-order valence-corrected chi connectivity index (χ4v) is 0. The van der Waals surface area contributed by atoms with Crippen LogP contribution in [0.1, 0.15) is 0 Å². The Hall–Kier alpha value is 1.27. The van der Waals surface area contributed by atoms with Crippen LogP contribution in [0.15, 0.2) is 0 Å². The minimum atomic E-state index is 0. The van der Waals surface area contributed by atoms with E-state index in [4.69, 9.17) is 3.83 Å². The van der Waals surface area contributed by atoms with E-state index >= 15 is 0 Å². The Balaban J connectivity index is -0.00000000500. The van der Waals surface area contributed by atoms with Gasteiger partial charge in [-0.25, -0.2) is 0 Å². The molecule has 0 rings (SSSR count). The molecule has 0 saturated heterocycles. The molecule has 4 heteroatoms. The van der Waals surface area contributed by atoms with Crippen molar-refractivity contribution in [1.82, 2.24) is 0 Å². The molecule has 0 aromatic carbocycles. The summed E-state index contributed by atoms with van der Waals surface area (Å²) >= 11 is 2.00. The molecule has 32 valence electrons. The molecule has 0 spiro atoms. The molecule has 0 aliphatic heterocycles. The molecule has 0 aromatic rings. The first-order chi connectivity index (χ1) is 1.00. The molecule has 0 atom stereocenters. The Bertz CT molecular complexity index is 8.00. The third kappa shape index (κ3) is 10.4. The fraction of sp³-hybridized carbons (Fsp3) is 0. The van der Waals surface area contributed by atoms with Gasteiger partial charge < -0.3 is 0 Å². The second kappa shape index (κ2) is 28.3. The first-order valence-corrected chi connectivity index (χ1v) is 0.595. The molecular weight excluding hydrogens is 214 g/mol. The van der Waals surface area contributed by atoms with Gasteiger partial charge in [0.2, 0.25) is 0 Å². The van der Waals surface area contributed by atoms with E-state index in [9.17, 15) is 0 Å². The Morgan fingerprint density at radius 3 is 1.25 bits per heavy atom. The van der Waals surface area contributed by atoms with Crippen LogP contribution in [0.5, 0.6) is 0 Å². The van der Waals surface area contributed by atoms with Crippen molar-refractivity contribution in [3.05, 3.63) is 0 Å². The van der Waals surface area contributed by atoms with Gasteiger partial charge in [0.1, 0.15) is 0 Å². The molecule has 0 aromatic heterocycles. The zero-order valence-corrected chi connectivity index (χ0v) is 4.96. The van der Waals surface area contributed by atoms with E-state index in [0.29, 0.717) is 0 Å². The van der Waals surface area contributed by atoms with Crippen molar-refractivity contribution in [2.45, 2.75) is 0 Å². The van der Waals surface area contributed by atoms with E-state index in [2.05, 4.69) is 0 Å². The van der Waals surface area contributed by atoms with Gasteiger partial charge in [0, 0.05) is 20.4 Å². The Morgan fingerprint density at radius 1 is 1.25 bits per heavy atom. The van der Waals surface area contributed by atoms with Crippen molar-refractivity contribution >= 4 is 12.4 Å². The molecule has 0 bridgehead atoms.